The normalized spacial score (nSPS) is 37.8. The van der Waals surface area contributed by atoms with Gasteiger partial charge in [0, 0.05) is 18.4 Å². The Balaban J connectivity index is 1.92. The van der Waals surface area contributed by atoms with Crippen molar-refractivity contribution in [2.75, 3.05) is 6.54 Å². The van der Waals surface area contributed by atoms with E-state index in [-0.39, 0.29) is 11.3 Å². The van der Waals surface area contributed by atoms with Gasteiger partial charge >= 0.3 is 0 Å². The van der Waals surface area contributed by atoms with Crippen LogP contribution in [0, 0.1) is 11.3 Å². The van der Waals surface area contributed by atoms with Gasteiger partial charge in [-0.2, -0.15) is 0 Å². The molecule has 0 aromatic carbocycles. The molecule has 0 aromatic rings. The maximum atomic E-state index is 11.5. The maximum absolute atomic E-state index is 11.5. The van der Waals surface area contributed by atoms with Crippen molar-refractivity contribution in [2.45, 2.75) is 32.1 Å². The Morgan fingerprint density at radius 3 is 3.12 bits per heavy atom. The van der Waals surface area contributed by atoms with Crippen LogP contribution in [0.25, 0.3) is 0 Å². The summed E-state index contributed by atoms with van der Waals surface area (Å²) >= 11 is 0. The predicted molar refractivity (Wildman–Crippen MR) is 60.8 cm³/mol. The molecule has 3 rings (SSSR count). The van der Waals surface area contributed by atoms with Gasteiger partial charge in [-0.3, -0.25) is 4.79 Å². The van der Waals surface area contributed by atoms with Crippen LogP contribution >= 0.6 is 0 Å². The van der Waals surface area contributed by atoms with Crippen molar-refractivity contribution in [3.05, 3.63) is 23.5 Å². The van der Waals surface area contributed by atoms with E-state index in [1.54, 1.807) is 0 Å². The highest BCUT2D eigenvalue weighted by Gasteiger charge is 2.47. The van der Waals surface area contributed by atoms with E-state index >= 15 is 0 Å². The molecule has 1 saturated heterocycles. The second kappa shape index (κ2) is 3.37. The molecule has 2 fully saturated rings. The highest BCUT2D eigenvalue weighted by atomic mass is 16.3. The molecule has 3 heteroatoms. The zero-order valence-electron chi connectivity index (χ0n) is 9.33. The Labute approximate surface area is 95.2 Å². The molecule has 2 atom stereocenters. The second-order valence-corrected chi connectivity index (χ2v) is 5.31. The number of rotatable bonds is 0. The highest BCUT2D eigenvalue weighted by molar-refractivity contribution is 5.79. The van der Waals surface area contributed by atoms with Crippen molar-refractivity contribution < 1.29 is 9.90 Å². The number of fused-ring (bicyclic) bond motifs is 2. The Morgan fingerprint density at radius 1 is 1.50 bits per heavy atom. The molecular formula is C13H17NO2. The van der Waals surface area contributed by atoms with Gasteiger partial charge in [0.25, 0.3) is 0 Å². The van der Waals surface area contributed by atoms with Crippen molar-refractivity contribution in [3.63, 3.8) is 0 Å². The average molecular weight is 219 g/mol. The number of nitrogens with one attached hydrogen (secondary N) is 1. The van der Waals surface area contributed by atoms with E-state index in [9.17, 15) is 9.90 Å². The Kier molecular flexibility index (Phi) is 2.09. The minimum Gasteiger partial charge on any atom is -0.508 e. The summed E-state index contributed by atoms with van der Waals surface area (Å²) in [7, 11) is 0. The second-order valence-electron chi connectivity index (χ2n) is 5.31. The summed E-state index contributed by atoms with van der Waals surface area (Å²) in [5.41, 5.74) is 1.49. The number of hydrogen-bond donors (Lipinski definition) is 2. The Bertz CT molecular complexity index is 397. The summed E-state index contributed by atoms with van der Waals surface area (Å²) in [6.07, 6.45) is 8.74. The minimum absolute atomic E-state index is 0.137. The molecule has 0 bridgehead atoms. The van der Waals surface area contributed by atoms with E-state index in [4.69, 9.17) is 0 Å². The van der Waals surface area contributed by atoms with E-state index < -0.39 is 0 Å². The number of aliphatic hydroxyl groups excluding tert-OH is 1. The molecule has 1 amide bonds. The van der Waals surface area contributed by atoms with Crippen LogP contribution < -0.4 is 5.32 Å². The lowest BCUT2D eigenvalue weighted by Crippen LogP contribution is -2.37. The topological polar surface area (TPSA) is 49.3 Å². The van der Waals surface area contributed by atoms with Gasteiger partial charge < -0.3 is 10.4 Å². The molecular weight excluding hydrogens is 202 g/mol. The van der Waals surface area contributed by atoms with E-state index in [1.807, 2.05) is 12.2 Å². The van der Waals surface area contributed by atoms with Gasteiger partial charge in [0.1, 0.15) is 5.76 Å². The molecule has 2 aliphatic carbocycles. The number of aliphatic hydroxyl groups is 1. The first-order valence-electron chi connectivity index (χ1n) is 6.06. The summed E-state index contributed by atoms with van der Waals surface area (Å²) < 4.78 is 0. The molecule has 3 nitrogen and oxygen atoms in total. The van der Waals surface area contributed by atoms with Gasteiger partial charge in [-0.15, -0.1) is 0 Å². The highest BCUT2D eigenvalue weighted by Crippen LogP contribution is 2.51. The Morgan fingerprint density at radius 2 is 2.38 bits per heavy atom. The van der Waals surface area contributed by atoms with Crippen LogP contribution in [0.15, 0.2) is 23.5 Å². The number of hydrogen-bond acceptors (Lipinski definition) is 2. The number of carbonyl (C=O) groups excluding carboxylic acids is 1. The molecule has 1 aliphatic heterocycles. The largest absolute Gasteiger partial charge is 0.508 e. The van der Waals surface area contributed by atoms with Crippen LogP contribution in [0.3, 0.4) is 0 Å². The molecule has 1 heterocycles. The van der Waals surface area contributed by atoms with Crippen molar-refractivity contribution in [2.24, 2.45) is 11.3 Å². The standard InChI is InChI=1S/C13H17NO2/c15-10-3-4-11-9(6-10)2-1-5-13(11)7-12(16)14-8-13/h3,6,11,15H,1-2,4-5,7-8H2,(H,14,16). The van der Waals surface area contributed by atoms with E-state index in [0.29, 0.717) is 18.1 Å². The number of allylic oxidation sites excluding steroid dienone is 3. The first-order valence-corrected chi connectivity index (χ1v) is 6.06. The van der Waals surface area contributed by atoms with Crippen molar-refractivity contribution >= 4 is 5.91 Å². The summed E-state index contributed by atoms with van der Waals surface area (Å²) in [4.78, 5) is 11.5. The smallest absolute Gasteiger partial charge is 0.220 e. The van der Waals surface area contributed by atoms with Gasteiger partial charge in [0.15, 0.2) is 0 Å². The van der Waals surface area contributed by atoms with Crippen LogP contribution in [0.5, 0.6) is 0 Å². The summed E-state index contributed by atoms with van der Waals surface area (Å²) in [5.74, 6) is 1.07. The first-order chi connectivity index (χ1) is 7.70. The first kappa shape index (κ1) is 9.94. The zero-order chi connectivity index (χ0) is 11.2. The van der Waals surface area contributed by atoms with Gasteiger partial charge in [0.2, 0.25) is 5.91 Å². The Hall–Kier alpha value is -1.25. The quantitative estimate of drug-likeness (QED) is 0.655. The summed E-state index contributed by atoms with van der Waals surface area (Å²) in [6, 6.07) is 0. The fraction of sp³-hybridized carbons (Fsp3) is 0.615. The fourth-order valence-electron chi connectivity index (χ4n) is 3.59. The minimum atomic E-state index is 0.137. The van der Waals surface area contributed by atoms with Crippen LogP contribution in [0.1, 0.15) is 32.1 Å². The average Bonchev–Trinajstić information content (AvgIpc) is 2.61. The lowest BCUT2D eigenvalue weighted by molar-refractivity contribution is -0.120. The fourth-order valence-corrected chi connectivity index (χ4v) is 3.59. The third-order valence-corrected chi connectivity index (χ3v) is 4.37. The van der Waals surface area contributed by atoms with Gasteiger partial charge in [0.05, 0.1) is 0 Å². The van der Waals surface area contributed by atoms with Gasteiger partial charge in [-0.05, 0) is 43.8 Å². The van der Waals surface area contributed by atoms with Crippen molar-refractivity contribution in [3.8, 4) is 0 Å². The predicted octanol–water partition coefficient (Wildman–Crippen LogP) is 2.06. The summed E-state index contributed by atoms with van der Waals surface area (Å²) in [5, 5.41) is 12.5. The molecule has 86 valence electrons. The van der Waals surface area contributed by atoms with Gasteiger partial charge in [-0.25, -0.2) is 0 Å². The third kappa shape index (κ3) is 1.38. The number of carbonyl (C=O) groups is 1. The lowest BCUT2D eigenvalue weighted by Gasteiger charge is -2.42. The van der Waals surface area contributed by atoms with Crippen molar-refractivity contribution in [1.82, 2.24) is 5.32 Å². The van der Waals surface area contributed by atoms with Crippen LogP contribution in [0.2, 0.25) is 0 Å². The maximum Gasteiger partial charge on any atom is 0.220 e. The molecule has 16 heavy (non-hydrogen) atoms. The molecule has 0 radical (unpaired) electrons. The zero-order valence-corrected chi connectivity index (χ0v) is 9.33. The SMILES string of the molecule is O=C1CC2(CCCC3=CC(O)=CCC32)CN1. The van der Waals surface area contributed by atoms with E-state index in [1.165, 1.54) is 5.57 Å². The van der Waals surface area contributed by atoms with Crippen molar-refractivity contribution in [1.29, 1.82) is 0 Å². The van der Waals surface area contributed by atoms with Gasteiger partial charge in [-0.1, -0.05) is 5.57 Å². The van der Waals surface area contributed by atoms with E-state index in [0.717, 1.165) is 32.2 Å². The molecule has 1 saturated carbocycles. The third-order valence-electron chi connectivity index (χ3n) is 4.37. The molecule has 3 aliphatic rings. The number of amides is 1. The molecule has 0 aromatic heterocycles. The lowest BCUT2D eigenvalue weighted by atomic mass is 9.61. The van der Waals surface area contributed by atoms with Crippen LogP contribution in [0.4, 0.5) is 0 Å². The molecule has 1 spiro atoms. The van der Waals surface area contributed by atoms with Crippen LogP contribution in [-0.2, 0) is 4.79 Å². The molecule has 2 unspecified atom stereocenters. The van der Waals surface area contributed by atoms with Crippen LogP contribution in [-0.4, -0.2) is 17.6 Å². The monoisotopic (exact) mass is 219 g/mol. The molecule has 2 N–H and O–H groups in total. The summed E-state index contributed by atoms with van der Waals surface area (Å²) in [6.45, 7) is 0.822. The van der Waals surface area contributed by atoms with E-state index in [2.05, 4.69) is 5.32 Å².